The second kappa shape index (κ2) is 8.83. The average Bonchev–Trinajstić information content (AvgIpc) is 2.82. The molecule has 1 aliphatic rings. The van der Waals surface area contributed by atoms with Crippen LogP contribution in [0, 0.1) is 0 Å². The van der Waals surface area contributed by atoms with Crippen molar-refractivity contribution in [2.24, 2.45) is 0 Å². The molecule has 3 aromatic rings. The summed E-state index contributed by atoms with van der Waals surface area (Å²) in [7, 11) is 0. The van der Waals surface area contributed by atoms with Gasteiger partial charge in [-0.1, -0.05) is 54.6 Å². The summed E-state index contributed by atoms with van der Waals surface area (Å²) in [6.45, 7) is 0. The first-order valence-electron chi connectivity index (χ1n) is 10.2. The van der Waals surface area contributed by atoms with E-state index in [1.54, 1.807) is 11.1 Å². The van der Waals surface area contributed by atoms with E-state index in [0.717, 1.165) is 16.9 Å². The molecule has 6 heteroatoms. The normalized spacial score (nSPS) is 14.9. The molecule has 0 spiro atoms. The van der Waals surface area contributed by atoms with Gasteiger partial charge in [-0.2, -0.15) is 0 Å². The van der Waals surface area contributed by atoms with Crippen molar-refractivity contribution in [2.45, 2.75) is 25.2 Å². The summed E-state index contributed by atoms with van der Waals surface area (Å²) < 4.78 is 0. The van der Waals surface area contributed by atoms with Crippen molar-refractivity contribution < 1.29 is 19.5 Å². The summed E-state index contributed by atoms with van der Waals surface area (Å²) in [5, 5.41) is 10.9. The molecule has 3 aromatic carbocycles. The molecule has 2 N–H and O–H groups in total. The maximum absolute atomic E-state index is 13.4. The van der Waals surface area contributed by atoms with Crippen LogP contribution in [0.1, 0.15) is 40.2 Å². The van der Waals surface area contributed by atoms with Gasteiger partial charge in [0.2, 0.25) is 5.91 Å². The lowest BCUT2D eigenvalue weighted by Crippen LogP contribution is -2.42. The summed E-state index contributed by atoms with van der Waals surface area (Å²) in [5.74, 6) is -3.10. The zero-order valence-corrected chi connectivity index (χ0v) is 16.8. The molecule has 0 saturated heterocycles. The maximum atomic E-state index is 13.4. The van der Waals surface area contributed by atoms with E-state index in [2.05, 4.69) is 5.43 Å². The molecule has 0 bridgehead atoms. The molecular formula is C25H22N2O4. The first-order chi connectivity index (χ1) is 15.1. The van der Waals surface area contributed by atoms with Crippen molar-refractivity contribution in [3.63, 3.8) is 0 Å². The molecule has 1 unspecified atom stereocenters. The number of aliphatic carboxylic acids is 1. The number of anilines is 2. The number of para-hydroxylation sites is 2. The number of hydrogen-bond acceptors (Lipinski definition) is 4. The van der Waals surface area contributed by atoms with E-state index < -0.39 is 17.7 Å². The van der Waals surface area contributed by atoms with Gasteiger partial charge in [-0.25, -0.2) is 4.79 Å². The number of Topliss-reactive ketones (excluding diaryl/α,β-unsaturated/α-hetero) is 1. The Kier molecular flexibility index (Phi) is 5.80. The van der Waals surface area contributed by atoms with Crippen LogP contribution < -0.4 is 10.4 Å². The summed E-state index contributed by atoms with van der Waals surface area (Å²) in [4.78, 5) is 36.7. The van der Waals surface area contributed by atoms with E-state index in [1.165, 1.54) is 6.07 Å². The first-order valence-corrected chi connectivity index (χ1v) is 10.2. The highest BCUT2D eigenvalue weighted by atomic mass is 16.4. The van der Waals surface area contributed by atoms with Crippen LogP contribution in [0.25, 0.3) is 0 Å². The molecule has 0 fully saturated rings. The van der Waals surface area contributed by atoms with E-state index in [9.17, 15) is 14.4 Å². The van der Waals surface area contributed by atoms with Crippen LogP contribution in [0.2, 0.25) is 0 Å². The van der Waals surface area contributed by atoms with Crippen LogP contribution in [0.3, 0.4) is 0 Å². The van der Waals surface area contributed by atoms with Gasteiger partial charge in [-0.3, -0.25) is 20.0 Å². The van der Waals surface area contributed by atoms with Gasteiger partial charge in [0.25, 0.3) is 5.78 Å². The van der Waals surface area contributed by atoms with Crippen molar-refractivity contribution in [1.82, 2.24) is 5.43 Å². The number of hydrazine groups is 1. The van der Waals surface area contributed by atoms with Gasteiger partial charge >= 0.3 is 5.97 Å². The topological polar surface area (TPSA) is 86.7 Å². The average molecular weight is 414 g/mol. The molecule has 1 atom stereocenters. The van der Waals surface area contributed by atoms with E-state index in [-0.39, 0.29) is 11.5 Å². The molecule has 6 nitrogen and oxygen atoms in total. The fourth-order valence-corrected chi connectivity index (χ4v) is 4.07. The SMILES string of the molecule is O=C(O)C(=O)c1cccc2c1CCCC2C(=O)NN(c1ccccc1)c1ccccc1. The number of carboxylic acids is 1. The number of nitrogens with zero attached hydrogens (tertiary/aromatic N) is 1. The lowest BCUT2D eigenvalue weighted by Gasteiger charge is -2.30. The standard InChI is InChI=1S/C25H22N2O4/c28-23(25(30)31)21-15-7-14-20-19(21)13-8-16-22(20)24(29)26-27(17-9-3-1-4-10-17)18-11-5-2-6-12-18/h1-7,9-12,14-15,22H,8,13,16H2,(H,26,29)(H,30,31). The molecule has 1 amide bonds. The van der Waals surface area contributed by atoms with E-state index >= 15 is 0 Å². The number of nitrogens with one attached hydrogen (secondary N) is 1. The van der Waals surface area contributed by atoms with Gasteiger partial charge in [-0.05, 0) is 54.7 Å². The highest BCUT2D eigenvalue weighted by Crippen LogP contribution is 2.34. The van der Waals surface area contributed by atoms with Crippen LogP contribution in [0.4, 0.5) is 11.4 Å². The van der Waals surface area contributed by atoms with Crippen molar-refractivity contribution in [3.8, 4) is 0 Å². The van der Waals surface area contributed by atoms with Crippen LogP contribution in [-0.4, -0.2) is 22.8 Å². The van der Waals surface area contributed by atoms with Crippen molar-refractivity contribution in [3.05, 3.63) is 95.6 Å². The van der Waals surface area contributed by atoms with E-state index in [0.29, 0.717) is 24.8 Å². The smallest absolute Gasteiger partial charge is 0.377 e. The van der Waals surface area contributed by atoms with Crippen molar-refractivity contribution >= 4 is 29.0 Å². The van der Waals surface area contributed by atoms with Gasteiger partial charge < -0.3 is 5.11 Å². The van der Waals surface area contributed by atoms with Gasteiger partial charge in [0.1, 0.15) is 0 Å². The molecule has 0 saturated carbocycles. The molecule has 0 heterocycles. The number of rotatable bonds is 6. The predicted molar refractivity (Wildman–Crippen MR) is 117 cm³/mol. The second-order valence-electron chi connectivity index (χ2n) is 7.44. The zero-order valence-electron chi connectivity index (χ0n) is 16.8. The van der Waals surface area contributed by atoms with E-state index in [1.807, 2.05) is 66.7 Å². The number of fused-ring (bicyclic) bond motifs is 1. The largest absolute Gasteiger partial charge is 0.475 e. The number of benzene rings is 3. The molecule has 31 heavy (non-hydrogen) atoms. The van der Waals surface area contributed by atoms with Gasteiger partial charge in [0.15, 0.2) is 0 Å². The van der Waals surface area contributed by atoms with Crippen LogP contribution in [0.5, 0.6) is 0 Å². The van der Waals surface area contributed by atoms with Gasteiger partial charge in [-0.15, -0.1) is 0 Å². The Morgan fingerprint density at radius 3 is 2.03 bits per heavy atom. The lowest BCUT2D eigenvalue weighted by atomic mass is 9.79. The third kappa shape index (κ3) is 4.19. The number of carbonyl (C=O) groups excluding carboxylic acids is 2. The number of carboxylic acid groups (broad SMARTS) is 1. The fraction of sp³-hybridized carbons (Fsp3) is 0.160. The molecular weight excluding hydrogens is 392 g/mol. The number of carbonyl (C=O) groups is 3. The summed E-state index contributed by atoms with van der Waals surface area (Å²) in [5.41, 5.74) is 6.20. The quantitative estimate of drug-likeness (QED) is 0.358. The Morgan fingerprint density at radius 1 is 0.839 bits per heavy atom. The molecule has 0 aliphatic heterocycles. The van der Waals surface area contributed by atoms with E-state index in [4.69, 9.17) is 5.11 Å². The maximum Gasteiger partial charge on any atom is 0.377 e. The minimum Gasteiger partial charge on any atom is -0.475 e. The Bertz CT molecular complexity index is 1070. The van der Waals surface area contributed by atoms with Crippen molar-refractivity contribution in [1.29, 1.82) is 0 Å². The fourth-order valence-electron chi connectivity index (χ4n) is 4.07. The predicted octanol–water partition coefficient (Wildman–Crippen LogP) is 4.24. The lowest BCUT2D eigenvalue weighted by molar-refractivity contribution is -0.131. The van der Waals surface area contributed by atoms with Crippen LogP contribution >= 0.6 is 0 Å². The number of amides is 1. The summed E-state index contributed by atoms with van der Waals surface area (Å²) in [6.07, 6.45) is 1.90. The Hall–Kier alpha value is -3.93. The third-order valence-corrected chi connectivity index (χ3v) is 5.51. The summed E-state index contributed by atoms with van der Waals surface area (Å²) in [6, 6.07) is 24.0. The monoisotopic (exact) mass is 414 g/mol. The third-order valence-electron chi connectivity index (χ3n) is 5.51. The number of hydrogen-bond donors (Lipinski definition) is 2. The Labute approximate surface area is 180 Å². The number of ketones is 1. The molecule has 0 radical (unpaired) electrons. The minimum absolute atomic E-state index is 0.172. The van der Waals surface area contributed by atoms with Crippen LogP contribution in [0.15, 0.2) is 78.9 Å². The minimum atomic E-state index is -1.49. The molecule has 1 aliphatic carbocycles. The van der Waals surface area contributed by atoms with Gasteiger partial charge in [0, 0.05) is 5.56 Å². The Balaban J connectivity index is 1.67. The molecule has 156 valence electrons. The molecule has 4 rings (SSSR count). The zero-order chi connectivity index (χ0) is 21.8. The highest BCUT2D eigenvalue weighted by molar-refractivity contribution is 6.40. The second-order valence-corrected chi connectivity index (χ2v) is 7.44. The van der Waals surface area contributed by atoms with Crippen LogP contribution in [-0.2, 0) is 16.0 Å². The van der Waals surface area contributed by atoms with Crippen molar-refractivity contribution in [2.75, 3.05) is 5.01 Å². The Morgan fingerprint density at radius 2 is 1.45 bits per heavy atom. The highest BCUT2D eigenvalue weighted by Gasteiger charge is 2.31. The molecule has 0 aromatic heterocycles. The van der Waals surface area contributed by atoms with Gasteiger partial charge in [0.05, 0.1) is 17.3 Å². The summed E-state index contributed by atoms with van der Waals surface area (Å²) >= 11 is 0. The first kappa shape index (κ1) is 20.3.